The van der Waals surface area contributed by atoms with Crippen LogP contribution < -0.4 is 5.73 Å². The molecule has 84 valence electrons. The van der Waals surface area contributed by atoms with E-state index in [1.54, 1.807) is 0 Å². The molecule has 15 heavy (non-hydrogen) atoms. The lowest BCUT2D eigenvalue weighted by Gasteiger charge is -2.37. The van der Waals surface area contributed by atoms with E-state index >= 15 is 0 Å². The summed E-state index contributed by atoms with van der Waals surface area (Å²) in [6.07, 6.45) is 0. The Bertz CT molecular complexity index is 344. The Kier molecular flexibility index (Phi) is 3.53. The first-order valence-corrected chi connectivity index (χ1v) is 5.37. The molecule has 0 saturated heterocycles. The van der Waals surface area contributed by atoms with E-state index in [9.17, 15) is 0 Å². The quantitative estimate of drug-likeness (QED) is 0.820. The summed E-state index contributed by atoms with van der Waals surface area (Å²) in [6.45, 7) is 7.08. The van der Waals surface area contributed by atoms with Crippen molar-refractivity contribution < 1.29 is 0 Å². The molecule has 0 aliphatic carbocycles. The van der Waals surface area contributed by atoms with E-state index in [2.05, 4.69) is 58.0 Å². The molecule has 2 N–H and O–H groups in total. The van der Waals surface area contributed by atoms with E-state index < -0.39 is 0 Å². The van der Waals surface area contributed by atoms with Gasteiger partial charge < -0.3 is 5.73 Å². The Labute approximate surface area is 93.1 Å². The van der Waals surface area contributed by atoms with Crippen molar-refractivity contribution in [2.75, 3.05) is 20.6 Å². The molecule has 0 aromatic heterocycles. The van der Waals surface area contributed by atoms with Crippen molar-refractivity contribution in [3.63, 3.8) is 0 Å². The number of hydrogen-bond acceptors (Lipinski definition) is 2. The minimum atomic E-state index is -0.0733. The lowest BCUT2D eigenvalue weighted by Crippen LogP contribution is -2.45. The van der Waals surface area contributed by atoms with Gasteiger partial charge in [-0.3, -0.25) is 4.90 Å². The standard InChI is InChI=1S/C13H22N2/c1-10-6-7-11(2)12(8-10)13(3,9-14)15(4)5/h6-8H,9,14H2,1-5H3. The molecule has 0 bridgehead atoms. The van der Waals surface area contributed by atoms with Crippen LogP contribution in [0.3, 0.4) is 0 Å². The fourth-order valence-corrected chi connectivity index (χ4v) is 1.85. The summed E-state index contributed by atoms with van der Waals surface area (Å²) in [7, 11) is 4.16. The third-order valence-corrected chi connectivity index (χ3v) is 3.36. The molecule has 2 heteroatoms. The van der Waals surface area contributed by atoms with Gasteiger partial charge in [-0.15, -0.1) is 0 Å². The minimum absolute atomic E-state index is 0.0733. The zero-order valence-corrected chi connectivity index (χ0v) is 10.5. The molecule has 0 saturated carbocycles. The van der Waals surface area contributed by atoms with Crippen molar-refractivity contribution in [2.45, 2.75) is 26.3 Å². The van der Waals surface area contributed by atoms with Gasteiger partial charge in [0, 0.05) is 6.54 Å². The van der Waals surface area contributed by atoms with Crippen LogP contribution in [0.1, 0.15) is 23.6 Å². The monoisotopic (exact) mass is 206 g/mol. The Balaban J connectivity index is 3.29. The molecule has 0 aliphatic rings. The Hall–Kier alpha value is -0.860. The van der Waals surface area contributed by atoms with Gasteiger partial charge in [0.1, 0.15) is 0 Å². The fourth-order valence-electron chi connectivity index (χ4n) is 1.85. The van der Waals surface area contributed by atoms with Crippen LogP contribution in [0.5, 0.6) is 0 Å². The molecule has 1 atom stereocenters. The second-order valence-corrected chi connectivity index (χ2v) is 4.69. The Morgan fingerprint density at radius 3 is 2.33 bits per heavy atom. The minimum Gasteiger partial charge on any atom is -0.328 e. The zero-order valence-electron chi connectivity index (χ0n) is 10.5. The molecule has 2 nitrogen and oxygen atoms in total. The number of aryl methyl sites for hydroxylation is 2. The Morgan fingerprint density at radius 1 is 1.27 bits per heavy atom. The summed E-state index contributed by atoms with van der Waals surface area (Å²) in [5.41, 5.74) is 9.77. The van der Waals surface area contributed by atoms with Crippen molar-refractivity contribution >= 4 is 0 Å². The number of nitrogens with two attached hydrogens (primary N) is 1. The van der Waals surface area contributed by atoms with E-state index in [1.165, 1.54) is 16.7 Å². The highest BCUT2D eigenvalue weighted by atomic mass is 15.1. The first kappa shape index (κ1) is 12.2. The third-order valence-electron chi connectivity index (χ3n) is 3.36. The Morgan fingerprint density at radius 2 is 1.87 bits per heavy atom. The zero-order chi connectivity index (χ0) is 11.6. The van der Waals surface area contributed by atoms with Crippen LogP contribution in [-0.2, 0) is 5.54 Å². The first-order chi connectivity index (χ1) is 6.91. The molecule has 1 rings (SSSR count). The first-order valence-electron chi connectivity index (χ1n) is 5.37. The van der Waals surface area contributed by atoms with Gasteiger partial charge in [-0.05, 0) is 46.0 Å². The van der Waals surface area contributed by atoms with E-state index in [0.29, 0.717) is 6.54 Å². The number of rotatable bonds is 3. The van der Waals surface area contributed by atoms with Gasteiger partial charge in [0.05, 0.1) is 5.54 Å². The molecular formula is C13H22N2. The van der Waals surface area contributed by atoms with Crippen LogP contribution in [0.2, 0.25) is 0 Å². The highest BCUT2D eigenvalue weighted by Gasteiger charge is 2.28. The van der Waals surface area contributed by atoms with Crippen LogP contribution in [0.25, 0.3) is 0 Å². The highest BCUT2D eigenvalue weighted by Crippen LogP contribution is 2.28. The average Bonchev–Trinajstić information content (AvgIpc) is 2.20. The second kappa shape index (κ2) is 4.33. The third kappa shape index (κ3) is 2.21. The van der Waals surface area contributed by atoms with Gasteiger partial charge in [0.25, 0.3) is 0 Å². The second-order valence-electron chi connectivity index (χ2n) is 4.69. The van der Waals surface area contributed by atoms with Gasteiger partial charge in [0.15, 0.2) is 0 Å². The molecule has 0 radical (unpaired) electrons. The van der Waals surface area contributed by atoms with E-state index in [4.69, 9.17) is 5.73 Å². The predicted molar refractivity (Wildman–Crippen MR) is 66.0 cm³/mol. The molecule has 0 fully saturated rings. The van der Waals surface area contributed by atoms with Crippen molar-refractivity contribution in [2.24, 2.45) is 5.73 Å². The summed E-state index contributed by atoms with van der Waals surface area (Å²) >= 11 is 0. The number of benzene rings is 1. The maximum absolute atomic E-state index is 5.92. The summed E-state index contributed by atoms with van der Waals surface area (Å²) in [6, 6.07) is 6.55. The summed E-state index contributed by atoms with van der Waals surface area (Å²) in [5.74, 6) is 0. The van der Waals surface area contributed by atoms with Gasteiger partial charge in [-0.1, -0.05) is 23.8 Å². The lowest BCUT2D eigenvalue weighted by atomic mass is 9.86. The van der Waals surface area contributed by atoms with Gasteiger partial charge >= 0.3 is 0 Å². The maximum atomic E-state index is 5.92. The van der Waals surface area contributed by atoms with Gasteiger partial charge in [-0.2, -0.15) is 0 Å². The summed E-state index contributed by atoms with van der Waals surface area (Å²) in [5, 5.41) is 0. The number of hydrogen-bond donors (Lipinski definition) is 1. The molecule has 0 aliphatic heterocycles. The van der Waals surface area contributed by atoms with E-state index in [-0.39, 0.29) is 5.54 Å². The van der Waals surface area contributed by atoms with E-state index in [0.717, 1.165) is 0 Å². The average molecular weight is 206 g/mol. The molecule has 0 amide bonds. The van der Waals surface area contributed by atoms with Crippen molar-refractivity contribution in [1.29, 1.82) is 0 Å². The van der Waals surface area contributed by atoms with Crippen LogP contribution in [0.15, 0.2) is 18.2 Å². The van der Waals surface area contributed by atoms with Crippen LogP contribution >= 0.6 is 0 Å². The maximum Gasteiger partial charge on any atom is 0.0552 e. The van der Waals surface area contributed by atoms with Crippen molar-refractivity contribution in [1.82, 2.24) is 4.90 Å². The van der Waals surface area contributed by atoms with Crippen molar-refractivity contribution in [3.8, 4) is 0 Å². The molecular weight excluding hydrogens is 184 g/mol. The lowest BCUT2D eigenvalue weighted by molar-refractivity contribution is 0.182. The molecule has 1 aromatic rings. The number of likely N-dealkylation sites (N-methyl/N-ethyl adjacent to an activating group) is 1. The normalized spacial score (nSPS) is 15.4. The topological polar surface area (TPSA) is 29.3 Å². The molecule has 0 spiro atoms. The smallest absolute Gasteiger partial charge is 0.0552 e. The summed E-state index contributed by atoms with van der Waals surface area (Å²) < 4.78 is 0. The highest BCUT2D eigenvalue weighted by molar-refractivity contribution is 5.36. The largest absolute Gasteiger partial charge is 0.328 e. The number of nitrogens with zero attached hydrogens (tertiary/aromatic N) is 1. The van der Waals surface area contributed by atoms with Crippen molar-refractivity contribution in [3.05, 3.63) is 34.9 Å². The van der Waals surface area contributed by atoms with Gasteiger partial charge in [-0.25, -0.2) is 0 Å². The van der Waals surface area contributed by atoms with Crippen LogP contribution in [0, 0.1) is 13.8 Å². The van der Waals surface area contributed by atoms with Crippen LogP contribution in [-0.4, -0.2) is 25.5 Å². The SMILES string of the molecule is Cc1ccc(C)c(C(C)(CN)N(C)C)c1. The summed E-state index contributed by atoms with van der Waals surface area (Å²) in [4.78, 5) is 2.19. The molecule has 1 unspecified atom stereocenters. The molecule has 1 aromatic carbocycles. The predicted octanol–water partition coefficient (Wildman–Crippen LogP) is 2.04. The van der Waals surface area contributed by atoms with Gasteiger partial charge in [0.2, 0.25) is 0 Å². The van der Waals surface area contributed by atoms with E-state index in [1.807, 2.05) is 0 Å². The molecule has 0 heterocycles. The fraction of sp³-hybridized carbons (Fsp3) is 0.538. The van der Waals surface area contributed by atoms with Crippen LogP contribution in [0.4, 0.5) is 0 Å².